The fraction of sp³-hybridized carbons (Fsp3) is 0.421. The van der Waals surface area contributed by atoms with Crippen LogP contribution in [-0.2, 0) is 11.2 Å². The first-order valence-electron chi connectivity index (χ1n) is 9.12. The van der Waals surface area contributed by atoms with Crippen molar-refractivity contribution in [3.05, 3.63) is 36.2 Å². The number of para-hydroxylation sites is 1. The Balaban J connectivity index is 1.39. The number of benzene rings is 1. The molecule has 1 atom stereocenters. The number of ether oxygens (including phenoxy) is 2. The lowest BCUT2D eigenvalue weighted by Crippen LogP contribution is -2.43. The van der Waals surface area contributed by atoms with Crippen LogP contribution in [0.2, 0.25) is 0 Å². The molecule has 8 nitrogen and oxygen atoms in total. The monoisotopic (exact) mass is 369 g/mol. The van der Waals surface area contributed by atoms with Crippen LogP contribution in [0.4, 0.5) is 11.6 Å². The number of methoxy groups -OCH3 is 1. The number of carbonyl (C=O) groups excluding carboxylic acids is 1. The van der Waals surface area contributed by atoms with Gasteiger partial charge >= 0.3 is 0 Å². The molecule has 2 aliphatic heterocycles. The van der Waals surface area contributed by atoms with Gasteiger partial charge in [-0.3, -0.25) is 4.79 Å². The molecule has 1 fully saturated rings. The van der Waals surface area contributed by atoms with Crippen LogP contribution in [0.25, 0.3) is 0 Å². The van der Waals surface area contributed by atoms with Gasteiger partial charge in [0.25, 0.3) is 0 Å². The van der Waals surface area contributed by atoms with Crippen molar-refractivity contribution in [3.8, 4) is 11.5 Å². The zero-order chi connectivity index (χ0) is 18.6. The Bertz CT molecular complexity index is 805. The van der Waals surface area contributed by atoms with E-state index in [2.05, 4.69) is 25.5 Å². The predicted molar refractivity (Wildman–Crippen MR) is 101 cm³/mol. The topological polar surface area (TPSA) is 88.6 Å². The second-order valence-electron chi connectivity index (χ2n) is 6.65. The van der Waals surface area contributed by atoms with Gasteiger partial charge < -0.3 is 25.0 Å². The summed E-state index contributed by atoms with van der Waals surface area (Å²) in [5, 5.41) is 6.15. The first-order chi connectivity index (χ1) is 13.2. The third-order valence-corrected chi connectivity index (χ3v) is 4.88. The Morgan fingerprint density at radius 1 is 1.30 bits per heavy atom. The van der Waals surface area contributed by atoms with Gasteiger partial charge in [-0.05, 0) is 18.1 Å². The smallest absolute Gasteiger partial charge is 0.232 e. The van der Waals surface area contributed by atoms with Crippen LogP contribution in [0.15, 0.2) is 30.6 Å². The van der Waals surface area contributed by atoms with Crippen LogP contribution >= 0.6 is 0 Å². The van der Waals surface area contributed by atoms with Crippen LogP contribution in [0, 0.1) is 5.92 Å². The van der Waals surface area contributed by atoms with E-state index < -0.39 is 0 Å². The van der Waals surface area contributed by atoms with Gasteiger partial charge in [0.2, 0.25) is 5.91 Å². The number of carbonyl (C=O) groups is 1. The van der Waals surface area contributed by atoms with Crippen molar-refractivity contribution in [2.75, 3.05) is 50.1 Å². The fourth-order valence-corrected chi connectivity index (χ4v) is 3.39. The maximum atomic E-state index is 12.6. The van der Waals surface area contributed by atoms with E-state index in [9.17, 15) is 4.79 Å². The number of anilines is 2. The lowest BCUT2D eigenvalue weighted by atomic mass is 9.95. The molecule has 142 valence electrons. The van der Waals surface area contributed by atoms with Gasteiger partial charge in [-0.25, -0.2) is 9.97 Å². The van der Waals surface area contributed by atoms with Crippen molar-refractivity contribution in [3.63, 3.8) is 0 Å². The fourth-order valence-electron chi connectivity index (χ4n) is 3.39. The summed E-state index contributed by atoms with van der Waals surface area (Å²) in [5.74, 6) is 2.31. The summed E-state index contributed by atoms with van der Waals surface area (Å²) in [6, 6.07) is 5.72. The van der Waals surface area contributed by atoms with E-state index in [-0.39, 0.29) is 11.8 Å². The SMILES string of the molecule is COc1cccc2c1OCC(C(=O)Nc1cnc(N3CCNCC3)cn1)C2. The average molecular weight is 369 g/mol. The summed E-state index contributed by atoms with van der Waals surface area (Å²) >= 11 is 0. The van der Waals surface area contributed by atoms with Crippen molar-refractivity contribution in [2.24, 2.45) is 5.92 Å². The number of hydrogen-bond donors (Lipinski definition) is 2. The van der Waals surface area contributed by atoms with Crippen LogP contribution < -0.4 is 25.0 Å². The standard InChI is InChI=1S/C19H23N5O3/c1-26-15-4-2-3-13-9-14(12-27-18(13)15)19(25)23-16-10-22-17(11-21-16)24-7-5-20-6-8-24/h2-4,10-11,14,20H,5-9,12H2,1H3,(H,21,23,25). The summed E-state index contributed by atoms with van der Waals surface area (Å²) < 4.78 is 11.1. The predicted octanol–water partition coefficient (Wildman–Crippen LogP) is 1.08. The number of rotatable bonds is 4. The highest BCUT2D eigenvalue weighted by Gasteiger charge is 2.28. The van der Waals surface area contributed by atoms with Gasteiger partial charge in [0, 0.05) is 26.2 Å². The van der Waals surface area contributed by atoms with Gasteiger partial charge in [-0.2, -0.15) is 0 Å². The minimum atomic E-state index is -0.278. The molecule has 0 saturated carbocycles. The first-order valence-corrected chi connectivity index (χ1v) is 9.12. The molecule has 8 heteroatoms. The van der Waals surface area contributed by atoms with Crippen molar-refractivity contribution in [1.82, 2.24) is 15.3 Å². The lowest BCUT2D eigenvalue weighted by molar-refractivity contribution is -0.121. The molecule has 1 aromatic heterocycles. The third kappa shape index (κ3) is 3.80. The quantitative estimate of drug-likeness (QED) is 0.834. The summed E-state index contributed by atoms with van der Waals surface area (Å²) in [6.45, 7) is 4.00. The number of nitrogens with one attached hydrogen (secondary N) is 2. The molecule has 0 bridgehead atoms. The molecule has 0 aliphatic carbocycles. The molecule has 3 heterocycles. The summed E-state index contributed by atoms with van der Waals surface area (Å²) in [7, 11) is 1.61. The van der Waals surface area contributed by atoms with Crippen molar-refractivity contribution in [1.29, 1.82) is 0 Å². The van der Waals surface area contributed by atoms with Gasteiger partial charge in [-0.15, -0.1) is 0 Å². The minimum absolute atomic E-state index is 0.118. The zero-order valence-electron chi connectivity index (χ0n) is 15.3. The average Bonchev–Trinajstić information content (AvgIpc) is 2.74. The number of fused-ring (bicyclic) bond motifs is 1. The Hall–Kier alpha value is -2.87. The Morgan fingerprint density at radius 2 is 2.15 bits per heavy atom. The normalized spacial score (nSPS) is 19.0. The van der Waals surface area contributed by atoms with Crippen LogP contribution in [0.1, 0.15) is 5.56 Å². The summed E-state index contributed by atoms with van der Waals surface area (Å²) in [4.78, 5) is 23.6. The van der Waals surface area contributed by atoms with Crippen LogP contribution in [0.3, 0.4) is 0 Å². The molecule has 0 radical (unpaired) electrons. The molecule has 1 unspecified atom stereocenters. The van der Waals surface area contributed by atoms with Crippen molar-refractivity contribution < 1.29 is 14.3 Å². The molecular formula is C19H23N5O3. The summed E-state index contributed by atoms with van der Waals surface area (Å²) in [6.07, 6.45) is 3.92. The molecule has 1 amide bonds. The van der Waals surface area contributed by atoms with E-state index in [0.29, 0.717) is 24.6 Å². The number of amides is 1. The molecule has 1 saturated heterocycles. The minimum Gasteiger partial charge on any atom is -0.493 e. The number of aromatic nitrogens is 2. The molecule has 2 aromatic rings. The highest BCUT2D eigenvalue weighted by Crippen LogP contribution is 2.36. The molecule has 2 aliphatic rings. The molecular weight excluding hydrogens is 346 g/mol. The second-order valence-corrected chi connectivity index (χ2v) is 6.65. The molecule has 27 heavy (non-hydrogen) atoms. The first kappa shape index (κ1) is 17.5. The molecule has 4 rings (SSSR count). The maximum absolute atomic E-state index is 12.6. The number of piperazine rings is 1. The van der Waals surface area contributed by atoms with Crippen molar-refractivity contribution >= 4 is 17.5 Å². The molecule has 0 spiro atoms. The van der Waals surface area contributed by atoms with E-state index in [0.717, 1.165) is 43.3 Å². The van der Waals surface area contributed by atoms with Gasteiger partial charge in [0.05, 0.1) is 25.4 Å². The van der Waals surface area contributed by atoms with E-state index in [1.165, 1.54) is 0 Å². The van der Waals surface area contributed by atoms with E-state index >= 15 is 0 Å². The second kappa shape index (κ2) is 7.79. The van der Waals surface area contributed by atoms with Gasteiger partial charge in [0.1, 0.15) is 12.4 Å². The van der Waals surface area contributed by atoms with E-state index in [1.807, 2.05) is 18.2 Å². The molecule has 1 aromatic carbocycles. The highest BCUT2D eigenvalue weighted by atomic mass is 16.5. The van der Waals surface area contributed by atoms with E-state index in [4.69, 9.17) is 9.47 Å². The third-order valence-electron chi connectivity index (χ3n) is 4.88. The Kier molecular flexibility index (Phi) is 5.06. The maximum Gasteiger partial charge on any atom is 0.232 e. The van der Waals surface area contributed by atoms with Gasteiger partial charge in [0.15, 0.2) is 17.3 Å². The van der Waals surface area contributed by atoms with Crippen LogP contribution in [-0.4, -0.2) is 55.8 Å². The zero-order valence-corrected chi connectivity index (χ0v) is 15.3. The number of hydrogen-bond acceptors (Lipinski definition) is 7. The van der Waals surface area contributed by atoms with E-state index in [1.54, 1.807) is 19.5 Å². The largest absolute Gasteiger partial charge is 0.493 e. The Morgan fingerprint density at radius 3 is 2.89 bits per heavy atom. The highest BCUT2D eigenvalue weighted by molar-refractivity contribution is 5.92. The lowest BCUT2D eigenvalue weighted by Gasteiger charge is -2.28. The van der Waals surface area contributed by atoms with Crippen LogP contribution in [0.5, 0.6) is 11.5 Å². The molecule has 2 N–H and O–H groups in total. The Labute approximate surface area is 157 Å². The van der Waals surface area contributed by atoms with Gasteiger partial charge in [-0.1, -0.05) is 12.1 Å². The summed E-state index contributed by atoms with van der Waals surface area (Å²) in [5.41, 5.74) is 0.973. The number of nitrogens with zero attached hydrogens (tertiary/aromatic N) is 3. The van der Waals surface area contributed by atoms with Crippen molar-refractivity contribution in [2.45, 2.75) is 6.42 Å².